The predicted octanol–water partition coefficient (Wildman–Crippen LogP) is 2.11. The molecular formula is C9H13F2N3. The second-order valence-electron chi connectivity index (χ2n) is 3.17. The molecule has 0 aliphatic rings. The number of nitrogens with zero attached hydrogens (tertiary/aromatic N) is 2. The van der Waals surface area contributed by atoms with Crippen molar-refractivity contribution in [2.45, 2.75) is 26.2 Å². The Bertz CT molecular complexity index is 296. The van der Waals surface area contributed by atoms with E-state index in [1.807, 2.05) is 6.92 Å². The zero-order valence-corrected chi connectivity index (χ0v) is 8.22. The fraction of sp³-hybridized carbons (Fsp3) is 0.556. The van der Waals surface area contributed by atoms with E-state index < -0.39 is 12.5 Å². The maximum absolute atomic E-state index is 12.5. The molecular weight excluding hydrogens is 188 g/mol. The van der Waals surface area contributed by atoms with Crippen molar-refractivity contribution in [3.8, 4) is 0 Å². The first-order valence-electron chi connectivity index (χ1n) is 4.44. The molecule has 1 aromatic heterocycles. The second kappa shape index (κ2) is 4.30. The number of hydrogen-bond acceptors (Lipinski definition) is 3. The number of anilines is 1. The molecule has 0 spiro atoms. The van der Waals surface area contributed by atoms with Crippen molar-refractivity contribution in [1.29, 1.82) is 0 Å². The van der Waals surface area contributed by atoms with Gasteiger partial charge in [0.25, 0.3) is 5.92 Å². The maximum Gasteiger partial charge on any atom is 0.262 e. The molecule has 0 saturated carbocycles. The van der Waals surface area contributed by atoms with Gasteiger partial charge in [-0.1, -0.05) is 6.92 Å². The van der Waals surface area contributed by atoms with E-state index in [1.165, 1.54) is 6.33 Å². The summed E-state index contributed by atoms with van der Waals surface area (Å²) >= 11 is 0. The first kappa shape index (κ1) is 10.8. The summed E-state index contributed by atoms with van der Waals surface area (Å²) in [4.78, 5) is 7.80. The van der Waals surface area contributed by atoms with E-state index in [0.717, 1.165) is 19.0 Å². The van der Waals surface area contributed by atoms with E-state index >= 15 is 0 Å². The van der Waals surface area contributed by atoms with E-state index in [1.54, 1.807) is 6.07 Å². The smallest absolute Gasteiger partial charge is 0.262 e. The summed E-state index contributed by atoms with van der Waals surface area (Å²) in [6, 6.07) is 1.67. The van der Waals surface area contributed by atoms with Gasteiger partial charge in [-0.2, -0.15) is 0 Å². The molecule has 14 heavy (non-hydrogen) atoms. The van der Waals surface area contributed by atoms with Crippen molar-refractivity contribution >= 4 is 5.82 Å². The van der Waals surface area contributed by atoms with Gasteiger partial charge >= 0.3 is 0 Å². The zero-order chi connectivity index (χ0) is 10.6. The van der Waals surface area contributed by atoms with Gasteiger partial charge in [0, 0.05) is 18.7 Å². The van der Waals surface area contributed by atoms with E-state index in [0.29, 0.717) is 5.82 Å². The standard InChI is InChI=1S/C9H13F2N3/c1-3-7-4-8(14-6-13-7)12-5-9(2,10)11/h4,6H,3,5H2,1-2H3,(H,12,13,14). The van der Waals surface area contributed by atoms with Crippen LogP contribution in [-0.2, 0) is 6.42 Å². The lowest BCUT2D eigenvalue weighted by molar-refractivity contribution is 0.0367. The summed E-state index contributed by atoms with van der Waals surface area (Å²) in [5, 5.41) is 2.56. The van der Waals surface area contributed by atoms with Gasteiger partial charge in [0.2, 0.25) is 0 Å². The molecule has 0 aliphatic heterocycles. The van der Waals surface area contributed by atoms with Crippen LogP contribution in [0.5, 0.6) is 0 Å². The van der Waals surface area contributed by atoms with Gasteiger partial charge in [-0.3, -0.25) is 0 Å². The van der Waals surface area contributed by atoms with Crippen molar-refractivity contribution in [2.75, 3.05) is 11.9 Å². The summed E-state index contributed by atoms with van der Waals surface area (Å²) in [5.41, 5.74) is 0.835. The lowest BCUT2D eigenvalue weighted by Crippen LogP contribution is -2.23. The number of aromatic nitrogens is 2. The Morgan fingerprint density at radius 1 is 1.43 bits per heavy atom. The van der Waals surface area contributed by atoms with Crippen molar-refractivity contribution in [1.82, 2.24) is 9.97 Å². The fourth-order valence-corrected chi connectivity index (χ4v) is 0.933. The number of hydrogen-bond donors (Lipinski definition) is 1. The largest absolute Gasteiger partial charge is 0.364 e. The van der Waals surface area contributed by atoms with Crippen LogP contribution in [0.1, 0.15) is 19.5 Å². The van der Waals surface area contributed by atoms with Crippen molar-refractivity contribution in [2.24, 2.45) is 0 Å². The maximum atomic E-state index is 12.5. The molecule has 0 atom stereocenters. The SMILES string of the molecule is CCc1cc(NCC(C)(F)F)ncn1. The van der Waals surface area contributed by atoms with Crippen LogP contribution in [0, 0.1) is 0 Å². The Morgan fingerprint density at radius 3 is 2.71 bits per heavy atom. The molecule has 78 valence electrons. The van der Waals surface area contributed by atoms with Gasteiger partial charge in [0.1, 0.15) is 12.1 Å². The highest BCUT2D eigenvalue weighted by atomic mass is 19.3. The third kappa shape index (κ3) is 3.64. The number of halogens is 2. The number of alkyl halides is 2. The summed E-state index contributed by atoms with van der Waals surface area (Å²) in [7, 11) is 0. The van der Waals surface area contributed by atoms with Gasteiger partial charge in [0.15, 0.2) is 0 Å². The quantitative estimate of drug-likeness (QED) is 0.810. The Balaban J connectivity index is 2.59. The van der Waals surface area contributed by atoms with E-state index in [4.69, 9.17) is 0 Å². The van der Waals surface area contributed by atoms with Crippen LogP contribution in [-0.4, -0.2) is 22.4 Å². The van der Waals surface area contributed by atoms with Crippen LogP contribution >= 0.6 is 0 Å². The summed E-state index contributed by atoms with van der Waals surface area (Å²) < 4.78 is 25.0. The van der Waals surface area contributed by atoms with Gasteiger partial charge < -0.3 is 5.32 Å². The van der Waals surface area contributed by atoms with Crippen LogP contribution in [0.4, 0.5) is 14.6 Å². The van der Waals surface area contributed by atoms with E-state index in [9.17, 15) is 8.78 Å². The van der Waals surface area contributed by atoms with Crippen LogP contribution < -0.4 is 5.32 Å². The molecule has 1 heterocycles. The van der Waals surface area contributed by atoms with E-state index in [2.05, 4.69) is 15.3 Å². The average molecular weight is 201 g/mol. The molecule has 3 nitrogen and oxygen atoms in total. The minimum absolute atomic E-state index is 0.410. The van der Waals surface area contributed by atoms with Crippen molar-refractivity contribution < 1.29 is 8.78 Å². The van der Waals surface area contributed by atoms with Gasteiger partial charge in [-0.05, 0) is 6.42 Å². The highest BCUT2D eigenvalue weighted by Crippen LogP contribution is 2.12. The minimum atomic E-state index is -2.72. The van der Waals surface area contributed by atoms with Crippen LogP contribution in [0.25, 0.3) is 0 Å². The van der Waals surface area contributed by atoms with Crippen LogP contribution in [0.3, 0.4) is 0 Å². The molecule has 0 fully saturated rings. The summed E-state index contributed by atoms with van der Waals surface area (Å²) in [6.07, 6.45) is 2.13. The van der Waals surface area contributed by atoms with Gasteiger partial charge in [-0.15, -0.1) is 0 Å². The lowest BCUT2D eigenvalue weighted by atomic mass is 10.3. The molecule has 0 amide bonds. The van der Waals surface area contributed by atoms with Crippen molar-refractivity contribution in [3.63, 3.8) is 0 Å². The summed E-state index contributed by atoms with van der Waals surface area (Å²) in [6.45, 7) is 2.40. The molecule has 0 aromatic carbocycles. The van der Waals surface area contributed by atoms with Crippen LogP contribution in [0.2, 0.25) is 0 Å². The Morgan fingerprint density at radius 2 is 2.14 bits per heavy atom. The zero-order valence-electron chi connectivity index (χ0n) is 8.22. The third-order valence-corrected chi connectivity index (χ3v) is 1.67. The molecule has 5 heteroatoms. The molecule has 0 unspecified atom stereocenters. The predicted molar refractivity (Wildman–Crippen MR) is 50.5 cm³/mol. The molecule has 1 rings (SSSR count). The molecule has 0 aliphatic carbocycles. The minimum Gasteiger partial charge on any atom is -0.364 e. The van der Waals surface area contributed by atoms with Crippen LogP contribution in [0.15, 0.2) is 12.4 Å². The highest BCUT2D eigenvalue weighted by molar-refractivity contribution is 5.34. The number of rotatable bonds is 4. The molecule has 0 saturated heterocycles. The van der Waals surface area contributed by atoms with Gasteiger partial charge in [-0.25, -0.2) is 18.7 Å². The Hall–Kier alpha value is -1.26. The van der Waals surface area contributed by atoms with E-state index in [-0.39, 0.29) is 0 Å². The molecule has 0 bridgehead atoms. The molecule has 1 aromatic rings. The Labute approximate surface area is 81.6 Å². The first-order valence-corrected chi connectivity index (χ1v) is 4.44. The highest BCUT2D eigenvalue weighted by Gasteiger charge is 2.20. The Kier molecular flexibility index (Phi) is 3.33. The average Bonchev–Trinajstić information content (AvgIpc) is 2.14. The van der Waals surface area contributed by atoms with Crippen molar-refractivity contribution in [3.05, 3.63) is 18.1 Å². The number of aryl methyl sites for hydroxylation is 1. The topological polar surface area (TPSA) is 37.8 Å². The third-order valence-electron chi connectivity index (χ3n) is 1.67. The second-order valence-corrected chi connectivity index (χ2v) is 3.17. The molecule has 0 radical (unpaired) electrons. The lowest BCUT2D eigenvalue weighted by Gasteiger charge is -2.11. The first-order chi connectivity index (χ1) is 6.51. The van der Waals surface area contributed by atoms with Gasteiger partial charge in [0.05, 0.1) is 6.54 Å². The summed E-state index contributed by atoms with van der Waals surface area (Å²) in [5.74, 6) is -2.28. The molecule has 1 N–H and O–H groups in total. The normalized spacial score (nSPS) is 11.4. The number of nitrogens with one attached hydrogen (secondary N) is 1. The monoisotopic (exact) mass is 201 g/mol. The fourth-order valence-electron chi connectivity index (χ4n) is 0.933.